The Labute approximate surface area is 136 Å². The third kappa shape index (κ3) is 3.02. The monoisotopic (exact) mass is 311 g/mol. The molecule has 3 rings (SSSR count). The highest BCUT2D eigenvalue weighted by molar-refractivity contribution is 5.95. The highest BCUT2D eigenvalue weighted by Crippen LogP contribution is 2.36. The predicted molar refractivity (Wildman–Crippen MR) is 89.3 cm³/mol. The van der Waals surface area contributed by atoms with E-state index in [0.29, 0.717) is 17.2 Å². The smallest absolute Gasteiger partial charge is 0.249 e. The molecule has 1 unspecified atom stereocenters. The zero-order valence-corrected chi connectivity index (χ0v) is 13.5. The van der Waals surface area contributed by atoms with Gasteiger partial charge in [0.1, 0.15) is 11.5 Å². The lowest BCUT2D eigenvalue weighted by atomic mass is 9.78. The first kappa shape index (κ1) is 15.4. The van der Waals surface area contributed by atoms with Crippen LogP contribution in [0.5, 0.6) is 11.5 Å². The Morgan fingerprint density at radius 3 is 2.43 bits per heavy atom. The second-order valence-electron chi connectivity index (χ2n) is 5.89. The number of primary amides is 1. The van der Waals surface area contributed by atoms with Crippen molar-refractivity contribution in [1.82, 2.24) is 0 Å². The van der Waals surface area contributed by atoms with Crippen molar-refractivity contribution in [3.05, 3.63) is 58.7 Å². The van der Waals surface area contributed by atoms with Crippen LogP contribution in [0.1, 0.15) is 39.4 Å². The van der Waals surface area contributed by atoms with Gasteiger partial charge in [0.15, 0.2) is 0 Å². The number of methoxy groups -OCH3 is 2. The van der Waals surface area contributed by atoms with E-state index in [1.807, 2.05) is 18.2 Å². The van der Waals surface area contributed by atoms with Gasteiger partial charge >= 0.3 is 0 Å². The lowest BCUT2D eigenvalue weighted by molar-refractivity contribution is 0.0998. The summed E-state index contributed by atoms with van der Waals surface area (Å²) in [5.74, 6) is 1.44. The first-order valence-corrected chi connectivity index (χ1v) is 7.76. The van der Waals surface area contributed by atoms with E-state index in [1.165, 1.54) is 11.1 Å². The Hall–Kier alpha value is -2.49. The van der Waals surface area contributed by atoms with Crippen molar-refractivity contribution in [2.45, 2.75) is 25.2 Å². The second kappa shape index (κ2) is 6.32. The number of nitrogens with two attached hydrogens (primary N) is 1. The van der Waals surface area contributed by atoms with E-state index >= 15 is 0 Å². The minimum atomic E-state index is -0.403. The number of carbonyl (C=O) groups excluding carboxylic acids is 1. The van der Waals surface area contributed by atoms with Crippen LogP contribution in [0.2, 0.25) is 0 Å². The van der Waals surface area contributed by atoms with Gasteiger partial charge in [-0.2, -0.15) is 0 Å². The maximum absolute atomic E-state index is 11.8. The standard InChI is InChI=1S/C19H21NO3/c1-22-15-6-5-12-9-14(4-3-13(12)10-15)17-8-7-16(23-2)11-18(17)19(20)21/h5-8,10-11,14H,3-4,9H2,1-2H3,(H2,20,21). The molecule has 1 aliphatic rings. The minimum Gasteiger partial charge on any atom is -0.497 e. The van der Waals surface area contributed by atoms with Crippen LogP contribution in [0.25, 0.3) is 0 Å². The van der Waals surface area contributed by atoms with E-state index in [9.17, 15) is 4.79 Å². The van der Waals surface area contributed by atoms with Gasteiger partial charge in [-0.1, -0.05) is 12.1 Å². The molecule has 0 saturated carbocycles. The van der Waals surface area contributed by atoms with Crippen LogP contribution in [-0.2, 0) is 12.8 Å². The highest BCUT2D eigenvalue weighted by Gasteiger charge is 2.24. The Balaban J connectivity index is 1.93. The number of hydrogen-bond acceptors (Lipinski definition) is 3. The van der Waals surface area contributed by atoms with E-state index in [1.54, 1.807) is 20.3 Å². The molecular formula is C19H21NO3. The fraction of sp³-hybridized carbons (Fsp3) is 0.316. The van der Waals surface area contributed by atoms with Gasteiger partial charge in [-0.3, -0.25) is 4.79 Å². The van der Waals surface area contributed by atoms with Crippen LogP contribution in [-0.4, -0.2) is 20.1 Å². The number of benzene rings is 2. The van der Waals surface area contributed by atoms with Crippen LogP contribution >= 0.6 is 0 Å². The van der Waals surface area contributed by atoms with Crippen LogP contribution < -0.4 is 15.2 Å². The summed E-state index contributed by atoms with van der Waals surface area (Å²) in [6.45, 7) is 0. The molecule has 2 aromatic carbocycles. The Kier molecular flexibility index (Phi) is 4.24. The lowest BCUT2D eigenvalue weighted by Crippen LogP contribution is -2.19. The van der Waals surface area contributed by atoms with Crippen LogP contribution in [0.3, 0.4) is 0 Å². The van der Waals surface area contributed by atoms with Gasteiger partial charge in [0, 0.05) is 5.56 Å². The molecule has 0 spiro atoms. The number of rotatable bonds is 4. The van der Waals surface area contributed by atoms with E-state index in [0.717, 1.165) is 30.6 Å². The van der Waals surface area contributed by atoms with Crippen LogP contribution in [0.15, 0.2) is 36.4 Å². The van der Waals surface area contributed by atoms with E-state index in [4.69, 9.17) is 15.2 Å². The van der Waals surface area contributed by atoms with Crippen molar-refractivity contribution in [2.75, 3.05) is 14.2 Å². The van der Waals surface area contributed by atoms with Crippen LogP contribution in [0, 0.1) is 0 Å². The molecule has 0 radical (unpaired) electrons. The van der Waals surface area contributed by atoms with Crippen molar-refractivity contribution in [3.8, 4) is 11.5 Å². The lowest BCUT2D eigenvalue weighted by Gasteiger charge is -2.26. The SMILES string of the molecule is COc1ccc2c(c1)CCC(c1ccc(OC)cc1C(N)=O)C2. The number of aryl methyl sites for hydroxylation is 1. The van der Waals surface area contributed by atoms with Gasteiger partial charge in [0.05, 0.1) is 14.2 Å². The number of fused-ring (bicyclic) bond motifs is 1. The summed E-state index contributed by atoms with van der Waals surface area (Å²) in [6, 6.07) is 11.8. The molecule has 23 heavy (non-hydrogen) atoms. The van der Waals surface area contributed by atoms with Crippen LogP contribution in [0.4, 0.5) is 0 Å². The molecule has 120 valence electrons. The molecule has 1 atom stereocenters. The molecule has 0 heterocycles. The van der Waals surface area contributed by atoms with Gasteiger partial charge in [-0.05, 0) is 66.1 Å². The van der Waals surface area contributed by atoms with Gasteiger partial charge in [0.2, 0.25) is 5.91 Å². The predicted octanol–water partition coefficient (Wildman–Crippen LogP) is 3.08. The molecule has 1 amide bonds. The summed E-state index contributed by atoms with van der Waals surface area (Å²) >= 11 is 0. The number of hydrogen-bond donors (Lipinski definition) is 1. The molecule has 4 heteroatoms. The Morgan fingerprint density at radius 1 is 1.04 bits per heavy atom. The zero-order chi connectivity index (χ0) is 16.4. The molecule has 0 aromatic heterocycles. The summed E-state index contributed by atoms with van der Waals surface area (Å²) < 4.78 is 10.5. The average Bonchev–Trinajstić information content (AvgIpc) is 2.60. The fourth-order valence-electron chi connectivity index (χ4n) is 3.36. The topological polar surface area (TPSA) is 61.6 Å². The molecule has 1 aliphatic carbocycles. The highest BCUT2D eigenvalue weighted by atomic mass is 16.5. The first-order valence-electron chi connectivity index (χ1n) is 7.76. The zero-order valence-electron chi connectivity index (χ0n) is 13.5. The molecule has 0 aliphatic heterocycles. The minimum absolute atomic E-state index is 0.296. The van der Waals surface area contributed by atoms with Gasteiger partial charge in [-0.25, -0.2) is 0 Å². The fourth-order valence-corrected chi connectivity index (χ4v) is 3.36. The van der Waals surface area contributed by atoms with Crippen molar-refractivity contribution >= 4 is 5.91 Å². The summed E-state index contributed by atoms with van der Waals surface area (Å²) in [7, 11) is 3.27. The maximum Gasteiger partial charge on any atom is 0.249 e. The van der Waals surface area contributed by atoms with Crippen molar-refractivity contribution in [3.63, 3.8) is 0 Å². The van der Waals surface area contributed by atoms with E-state index in [-0.39, 0.29) is 0 Å². The maximum atomic E-state index is 11.8. The Morgan fingerprint density at radius 2 is 1.74 bits per heavy atom. The largest absolute Gasteiger partial charge is 0.497 e. The van der Waals surface area contributed by atoms with E-state index in [2.05, 4.69) is 12.1 Å². The quantitative estimate of drug-likeness (QED) is 0.944. The summed E-state index contributed by atoms with van der Waals surface area (Å²) in [5, 5.41) is 0. The normalized spacial score (nSPS) is 16.5. The van der Waals surface area contributed by atoms with Crippen molar-refractivity contribution in [1.29, 1.82) is 0 Å². The molecular weight excluding hydrogens is 290 g/mol. The van der Waals surface area contributed by atoms with Crippen molar-refractivity contribution in [2.24, 2.45) is 5.73 Å². The number of ether oxygens (including phenoxy) is 2. The number of amides is 1. The molecule has 2 aromatic rings. The summed E-state index contributed by atoms with van der Waals surface area (Å²) in [6.07, 6.45) is 2.88. The number of carbonyl (C=O) groups is 1. The second-order valence-corrected chi connectivity index (χ2v) is 5.89. The molecule has 0 bridgehead atoms. The van der Waals surface area contributed by atoms with Crippen molar-refractivity contribution < 1.29 is 14.3 Å². The first-order chi connectivity index (χ1) is 11.1. The van der Waals surface area contributed by atoms with Gasteiger partial charge < -0.3 is 15.2 Å². The van der Waals surface area contributed by atoms with Gasteiger partial charge in [-0.15, -0.1) is 0 Å². The molecule has 2 N–H and O–H groups in total. The third-order valence-corrected chi connectivity index (χ3v) is 4.61. The molecule has 0 saturated heterocycles. The average molecular weight is 311 g/mol. The van der Waals surface area contributed by atoms with Gasteiger partial charge in [0.25, 0.3) is 0 Å². The third-order valence-electron chi connectivity index (χ3n) is 4.61. The molecule has 0 fully saturated rings. The van der Waals surface area contributed by atoms with E-state index < -0.39 is 5.91 Å². The summed E-state index contributed by atoms with van der Waals surface area (Å²) in [4.78, 5) is 11.8. The summed E-state index contributed by atoms with van der Waals surface area (Å²) in [5.41, 5.74) is 9.78. The Bertz CT molecular complexity index is 739. The molecule has 4 nitrogen and oxygen atoms in total.